The van der Waals surface area contributed by atoms with Gasteiger partial charge in [0.1, 0.15) is 12.4 Å². The monoisotopic (exact) mass is 454 g/mol. The summed E-state index contributed by atoms with van der Waals surface area (Å²) >= 11 is 0. The van der Waals surface area contributed by atoms with E-state index >= 15 is 0 Å². The third-order valence-corrected chi connectivity index (χ3v) is 5.65. The number of hydrogen-bond donors (Lipinski definition) is 2. The normalized spacial score (nSPS) is 15.9. The van der Waals surface area contributed by atoms with E-state index in [1.54, 1.807) is 24.3 Å². The average molecular weight is 454 g/mol. The van der Waals surface area contributed by atoms with Crippen molar-refractivity contribution in [3.8, 4) is 16.9 Å². The molecule has 3 aromatic rings. The number of alkyl halides is 3. The molecule has 0 aliphatic carbocycles. The fourth-order valence-electron chi connectivity index (χ4n) is 3.82. The van der Waals surface area contributed by atoms with Crippen LogP contribution in [0.25, 0.3) is 11.1 Å². The van der Waals surface area contributed by atoms with Crippen LogP contribution in [0.4, 0.5) is 13.2 Å². The quantitative estimate of drug-likeness (QED) is 0.508. The summed E-state index contributed by atoms with van der Waals surface area (Å²) in [6.07, 6.45) is -2.64. The highest BCUT2D eigenvalue weighted by Gasteiger charge is 2.31. The Morgan fingerprint density at radius 1 is 1.00 bits per heavy atom. The minimum Gasteiger partial charge on any atom is -0.488 e. The van der Waals surface area contributed by atoms with Crippen LogP contribution < -0.4 is 15.4 Å². The largest absolute Gasteiger partial charge is 0.488 e. The first-order valence-corrected chi connectivity index (χ1v) is 10.9. The van der Waals surface area contributed by atoms with E-state index in [1.165, 1.54) is 6.07 Å². The number of carbonyl (C=O) groups is 1. The van der Waals surface area contributed by atoms with Gasteiger partial charge in [0.05, 0.1) is 11.6 Å². The molecule has 2 N–H and O–H groups in total. The Labute approximate surface area is 190 Å². The first kappa shape index (κ1) is 22.9. The average Bonchev–Trinajstić information content (AvgIpc) is 3.37. The molecule has 0 radical (unpaired) electrons. The van der Waals surface area contributed by atoms with Crippen molar-refractivity contribution in [1.29, 1.82) is 0 Å². The van der Waals surface area contributed by atoms with E-state index in [2.05, 4.69) is 10.6 Å². The van der Waals surface area contributed by atoms with Crippen LogP contribution in [0.3, 0.4) is 0 Å². The van der Waals surface area contributed by atoms with E-state index < -0.39 is 11.7 Å². The highest BCUT2D eigenvalue weighted by molar-refractivity contribution is 5.82. The lowest BCUT2D eigenvalue weighted by Crippen LogP contribution is -2.39. The Bertz CT molecular complexity index is 1080. The van der Waals surface area contributed by atoms with Crippen molar-refractivity contribution >= 4 is 5.91 Å². The zero-order chi connectivity index (χ0) is 23.3. The summed E-state index contributed by atoms with van der Waals surface area (Å²) in [5, 5.41) is 6.06. The van der Waals surface area contributed by atoms with Gasteiger partial charge in [-0.1, -0.05) is 54.6 Å². The smallest absolute Gasteiger partial charge is 0.416 e. The Hall–Kier alpha value is -3.32. The minimum absolute atomic E-state index is 0.0361. The van der Waals surface area contributed by atoms with Gasteiger partial charge in [0.25, 0.3) is 0 Å². The molecule has 1 heterocycles. The third-order valence-electron chi connectivity index (χ3n) is 5.65. The molecule has 172 valence electrons. The summed E-state index contributed by atoms with van der Waals surface area (Å²) in [7, 11) is 0. The van der Waals surface area contributed by atoms with Gasteiger partial charge in [-0.05, 0) is 54.3 Å². The molecular formula is C26H25F3N2O2. The fraction of sp³-hybridized carbons (Fsp3) is 0.269. The highest BCUT2D eigenvalue weighted by Crippen LogP contribution is 2.37. The molecule has 3 aromatic carbocycles. The van der Waals surface area contributed by atoms with Crippen LogP contribution in [0.2, 0.25) is 0 Å². The molecule has 0 bridgehead atoms. The number of amides is 1. The molecule has 1 atom stereocenters. The summed E-state index contributed by atoms with van der Waals surface area (Å²) in [5.41, 5.74) is 2.03. The second-order valence-electron chi connectivity index (χ2n) is 8.05. The molecule has 1 amide bonds. The van der Waals surface area contributed by atoms with Crippen molar-refractivity contribution in [2.45, 2.75) is 38.2 Å². The van der Waals surface area contributed by atoms with E-state index in [9.17, 15) is 18.0 Å². The van der Waals surface area contributed by atoms with E-state index in [1.807, 2.05) is 30.3 Å². The van der Waals surface area contributed by atoms with Crippen LogP contribution in [0.1, 0.15) is 29.5 Å². The molecule has 1 saturated heterocycles. The predicted octanol–water partition coefficient (Wildman–Crippen LogP) is 5.32. The third kappa shape index (κ3) is 5.93. The standard InChI is InChI=1S/C26H25F3N2O2/c27-26(28,29)21-12-13-24(33-17-19-5-2-1-3-6-19)22(15-21)20-10-8-18(9-11-20)16-31-25(32)23-7-4-14-30-23/h1-3,5-6,8-13,15,23,30H,4,7,14,16-17H2,(H,31,32). The molecular weight excluding hydrogens is 429 g/mol. The van der Waals surface area contributed by atoms with E-state index in [0.717, 1.165) is 42.6 Å². The number of halogens is 3. The number of ether oxygens (including phenoxy) is 1. The summed E-state index contributed by atoms with van der Waals surface area (Å²) in [6.45, 7) is 1.45. The first-order chi connectivity index (χ1) is 15.9. The number of benzene rings is 3. The van der Waals surface area contributed by atoms with Gasteiger partial charge in [-0.25, -0.2) is 0 Å². The number of carbonyl (C=O) groups excluding carboxylic acids is 1. The van der Waals surface area contributed by atoms with Gasteiger partial charge in [0.15, 0.2) is 0 Å². The zero-order valence-electron chi connectivity index (χ0n) is 18.0. The molecule has 33 heavy (non-hydrogen) atoms. The van der Waals surface area contributed by atoms with Crippen molar-refractivity contribution in [1.82, 2.24) is 10.6 Å². The lowest BCUT2D eigenvalue weighted by Gasteiger charge is -2.16. The van der Waals surface area contributed by atoms with Gasteiger partial charge < -0.3 is 15.4 Å². The topological polar surface area (TPSA) is 50.4 Å². The van der Waals surface area contributed by atoms with Gasteiger partial charge in [0, 0.05) is 12.1 Å². The maximum Gasteiger partial charge on any atom is 0.416 e. The van der Waals surface area contributed by atoms with Crippen LogP contribution in [-0.4, -0.2) is 18.5 Å². The first-order valence-electron chi connectivity index (χ1n) is 10.9. The SMILES string of the molecule is O=C(NCc1ccc(-c2cc(C(F)(F)F)ccc2OCc2ccccc2)cc1)C1CCCN1. The summed E-state index contributed by atoms with van der Waals surface area (Å²) in [6, 6.07) is 19.9. The van der Waals surface area contributed by atoms with Crippen molar-refractivity contribution in [2.24, 2.45) is 0 Å². The summed E-state index contributed by atoms with van der Waals surface area (Å²) in [5.74, 6) is 0.339. The molecule has 0 saturated carbocycles. The lowest BCUT2D eigenvalue weighted by molar-refractivity contribution is -0.137. The molecule has 1 unspecified atom stereocenters. The zero-order valence-corrected chi connectivity index (χ0v) is 18.0. The number of rotatable bonds is 7. The number of hydrogen-bond acceptors (Lipinski definition) is 3. The van der Waals surface area contributed by atoms with Gasteiger partial charge in [0.2, 0.25) is 5.91 Å². The Morgan fingerprint density at radius 3 is 2.42 bits per heavy atom. The molecule has 4 rings (SSSR count). The van der Waals surface area contributed by atoms with Crippen LogP contribution in [0, 0.1) is 0 Å². The molecule has 7 heteroatoms. The maximum atomic E-state index is 13.3. The number of nitrogens with one attached hydrogen (secondary N) is 2. The van der Waals surface area contributed by atoms with Gasteiger partial charge in [-0.3, -0.25) is 4.79 Å². The second-order valence-corrected chi connectivity index (χ2v) is 8.05. The maximum absolute atomic E-state index is 13.3. The van der Waals surface area contributed by atoms with E-state index in [4.69, 9.17) is 4.74 Å². The molecule has 1 aliphatic rings. The van der Waals surface area contributed by atoms with E-state index in [0.29, 0.717) is 23.4 Å². The van der Waals surface area contributed by atoms with E-state index in [-0.39, 0.29) is 18.6 Å². The fourth-order valence-corrected chi connectivity index (χ4v) is 3.82. The minimum atomic E-state index is -4.45. The van der Waals surface area contributed by atoms with Crippen LogP contribution in [0.15, 0.2) is 72.8 Å². The van der Waals surface area contributed by atoms with Crippen LogP contribution in [0.5, 0.6) is 5.75 Å². The predicted molar refractivity (Wildman–Crippen MR) is 121 cm³/mol. The van der Waals surface area contributed by atoms with Crippen LogP contribution in [-0.2, 0) is 24.1 Å². The van der Waals surface area contributed by atoms with Crippen molar-refractivity contribution in [2.75, 3.05) is 6.54 Å². The van der Waals surface area contributed by atoms with Gasteiger partial charge in [-0.15, -0.1) is 0 Å². The summed E-state index contributed by atoms with van der Waals surface area (Å²) in [4.78, 5) is 12.2. The Morgan fingerprint density at radius 2 is 1.76 bits per heavy atom. The van der Waals surface area contributed by atoms with Crippen molar-refractivity contribution in [3.05, 3.63) is 89.5 Å². The molecule has 4 nitrogen and oxygen atoms in total. The van der Waals surface area contributed by atoms with Crippen molar-refractivity contribution in [3.63, 3.8) is 0 Å². The van der Waals surface area contributed by atoms with Gasteiger partial charge >= 0.3 is 6.18 Å². The second kappa shape index (κ2) is 10.1. The lowest BCUT2D eigenvalue weighted by atomic mass is 10.00. The molecule has 1 fully saturated rings. The highest BCUT2D eigenvalue weighted by atomic mass is 19.4. The van der Waals surface area contributed by atoms with Crippen LogP contribution >= 0.6 is 0 Å². The van der Waals surface area contributed by atoms with Crippen molar-refractivity contribution < 1.29 is 22.7 Å². The molecule has 0 aromatic heterocycles. The van der Waals surface area contributed by atoms with Gasteiger partial charge in [-0.2, -0.15) is 13.2 Å². The Balaban J connectivity index is 1.51. The molecule has 0 spiro atoms. The molecule has 1 aliphatic heterocycles. The summed E-state index contributed by atoms with van der Waals surface area (Å²) < 4.78 is 45.9. The Kier molecular flexibility index (Phi) is 6.99.